The molecule has 2 heterocycles. The maximum atomic E-state index is 12.8. The number of anilines is 3. The van der Waals surface area contributed by atoms with Crippen LogP contribution in [0, 0.1) is 0 Å². The van der Waals surface area contributed by atoms with Gasteiger partial charge in [0.15, 0.2) is 5.82 Å². The van der Waals surface area contributed by atoms with Gasteiger partial charge in [0.1, 0.15) is 11.5 Å². The smallest absolute Gasteiger partial charge is 0.393 e. The van der Waals surface area contributed by atoms with Crippen molar-refractivity contribution in [2.75, 3.05) is 29.5 Å². The lowest BCUT2D eigenvalue weighted by atomic mass is 9.99. The third kappa shape index (κ3) is 3.96. The molecular formula is C20H27F3N6O. The van der Waals surface area contributed by atoms with Crippen molar-refractivity contribution >= 4 is 17.3 Å². The van der Waals surface area contributed by atoms with Crippen LogP contribution in [0.1, 0.15) is 37.9 Å². The number of nitrogens with two attached hydrogens (primary N) is 2. The van der Waals surface area contributed by atoms with Gasteiger partial charge in [0.25, 0.3) is 0 Å². The zero-order valence-corrected chi connectivity index (χ0v) is 17.4. The number of benzene rings is 1. The average molecular weight is 424 g/mol. The van der Waals surface area contributed by atoms with Crippen LogP contribution in [0.25, 0.3) is 0 Å². The van der Waals surface area contributed by atoms with Crippen LogP contribution in [-0.4, -0.2) is 39.6 Å². The van der Waals surface area contributed by atoms with Crippen LogP contribution in [0.4, 0.5) is 30.5 Å². The van der Waals surface area contributed by atoms with Crippen molar-refractivity contribution in [3.8, 4) is 0 Å². The zero-order valence-electron chi connectivity index (χ0n) is 17.4. The fraction of sp³-hybridized carbons (Fsp3) is 0.500. The van der Waals surface area contributed by atoms with Crippen LogP contribution in [0.15, 0.2) is 29.1 Å². The SMILES string of the molecule is CC(c1ccc(C(F)(F)F)cc1)N1C[C@H](C)N(c2nc(=O)n(C)c(N)c2N)C[C@H]1C. The molecule has 1 fully saturated rings. The molecule has 1 aliphatic rings. The number of piperazine rings is 1. The van der Waals surface area contributed by atoms with Gasteiger partial charge >= 0.3 is 11.9 Å². The highest BCUT2D eigenvalue weighted by molar-refractivity contribution is 5.74. The molecule has 1 saturated heterocycles. The Hall–Kier alpha value is -2.75. The molecule has 1 aromatic carbocycles. The molecule has 7 nitrogen and oxygen atoms in total. The van der Waals surface area contributed by atoms with E-state index in [-0.39, 0.29) is 29.6 Å². The number of hydrogen-bond donors (Lipinski definition) is 2. The molecule has 0 spiro atoms. The van der Waals surface area contributed by atoms with E-state index in [1.54, 1.807) is 0 Å². The van der Waals surface area contributed by atoms with E-state index in [0.29, 0.717) is 18.9 Å². The molecule has 4 N–H and O–H groups in total. The fourth-order valence-corrected chi connectivity index (χ4v) is 3.97. The predicted molar refractivity (Wildman–Crippen MR) is 111 cm³/mol. The number of alkyl halides is 3. The minimum Gasteiger partial charge on any atom is -0.393 e. The molecule has 2 aromatic rings. The molecule has 0 bridgehead atoms. The van der Waals surface area contributed by atoms with Crippen LogP contribution in [0.3, 0.4) is 0 Å². The van der Waals surface area contributed by atoms with Crippen molar-refractivity contribution in [2.45, 2.75) is 45.1 Å². The van der Waals surface area contributed by atoms with E-state index < -0.39 is 17.4 Å². The Balaban J connectivity index is 1.82. The average Bonchev–Trinajstić information content (AvgIpc) is 2.69. The van der Waals surface area contributed by atoms with Crippen molar-refractivity contribution in [1.82, 2.24) is 14.5 Å². The van der Waals surface area contributed by atoms with Crippen molar-refractivity contribution in [3.63, 3.8) is 0 Å². The molecule has 0 radical (unpaired) electrons. The van der Waals surface area contributed by atoms with E-state index in [4.69, 9.17) is 11.5 Å². The lowest BCUT2D eigenvalue weighted by Gasteiger charge is -2.47. The molecular weight excluding hydrogens is 397 g/mol. The monoisotopic (exact) mass is 424 g/mol. The highest BCUT2D eigenvalue weighted by Gasteiger charge is 2.35. The first-order valence-corrected chi connectivity index (χ1v) is 9.73. The van der Waals surface area contributed by atoms with E-state index in [0.717, 1.165) is 17.7 Å². The molecule has 0 saturated carbocycles. The summed E-state index contributed by atoms with van der Waals surface area (Å²) in [4.78, 5) is 20.4. The quantitative estimate of drug-likeness (QED) is 0.787. The first-order valence-electron chi connectivity index (χ1n) is 9.73. The van der Waals surface area contributed by atoms with E-state index in [9.17, 15) is 18.0 Å². The summed E-state index contributed by atoms with van der Waals surface area (Å²) < 4.78 is 39.7. The molecule has 10 heteroatoms. The van der Waals surface area contributed by atoms with Gasteiger partial charge in [-0.2, -0.15) is 18.2 Å². The van der Waals surface area contributed by atoms with Crippen LogP contribution >= 0.6 is 0 Å². The maximum Gasteiger partial charge on any atom is 0.416 e. The fourth-order valence-electron chi connectivity index (χ4n) is 3.97. The van der Waals surface area contributed by atoms with E-state index in [2.05, 4.69) is 9.88 Å². The Morgan fingerprint density at radius 2 is 1.70 bits per heavy atom. The molecule has 0 amide bonds. The topological polar surface area (TPSA) is 93.4 Å². The number of aromatic nitrogens is 2. The number of nitrogen functional groups attached to an aromatic ring is 2. The zero-order chi connectivity index (χ0) is 22.4. The lowest BCUT2D eigenvalue weighted by molar-refractivity contribution is -0.137. The molecule has 164 valence electrons. The summed E-state index contributed by atoms with van der Waals surface area (Å²) in [5.41, 5.74) is 12.0. The Kier molecular flexibility index (Phi) is 5.72. The second-order valence-electron chi connectivity index (χ2n) is 7.92. The summed E-state index contributed by atoms with van der Waals surface area (Å²) in [6, 6.07) is 5.22. The van der Waals surface area contributed by atoms with Gasteiger partial charge in [0.05, 0.1) is 5.56 Å². The molecule has 3 rings (SSSR count). The number of nitrogens with zero attached hydrogens (tertiary/aromatic N) is 4. The Bertz CT molecular complexity index is 972. The third-order valence-corrected chi connectivity index (χ3v) is 5.89. The number of hydrogen-bond acceptors (Lipinski definition) is 6. The normalized spacial score (nSPS) is 21.6. The standard InChI is InChI=1S/C20H27F3N6O/c1-11-10-29(18-16(24)17(25)27(4)19(30)26-18)12(2)9-28(11)13(3)14-5-7-15(8-6-14)20(21,22)23/h5-8,11-13H,9-10,24-25H2,1-4H3/t11-,12+,13?/m1/s1. The first kappa shape index (κ1) is 21.9. The van der Waals surface area contributed by atoms with Crippen LogP contribution in [-0.2, 0) is 13.2 Å². The molecule has 30 heavy (non-hydrogen) atoms. The highest BCUT2D eigenvalue weighted by atomic mass is 19.4. The summed E-state index contributed by atoms with van der Waals surface area (Å²) in [7, 11) is 1.51. The number of rotatable bonds is 3. The van der Waals surface area contributed by atoms with Crippen molar-refractivity contribution in [2.24, 2.45) is 7.05 Å². The van der Waals surface area contributed by atoms with Gasteiger partial charge in [-0.3, -0.25) is 9.47 Å². The maximum absolute atomic E-state index is 12.8. The van der Waals surface area contributed by atoms with E-state index in [1.807, 2.05) is 25.7 Å². The van der Waals surface area contributed by atoms with Gasteiger partial charge in [-0.15, -0.1) is 0 Å². The van der Waals surface area contributed by atoms with Crippen molar-refractivity contribution in [3.05, 3.63) is 45.9 Å². The predicted octanol–water partition coefficient (Wildman–Crippen LogP) is 2.62. The second-order valence-corrected chi connectivity index (χ2v) is 7.92. The minimum absolute atomic E-state index is 0.0283. The Morgan fingerprint density at radius 3 is 2.27 bits per heavy atom. The Morgan fingerprint density at radius 1 is 1.10 bits per heavy atom. The van der Waals surface area contributed by atoms with Gasteiger partial charge < -0.3 is 16.4 Å². The third-order valence-electron chi connectivity index (χ3n) is 5.89. The van der Waals surface area contributed by atoms with Gasteiger partial charge in [0.2, 0.25) is 0 Å². The summed E-state index contributed by atoms with van der Waals surface area (Å²) in [5, 5.41) is 0. The van der Waals surface area contributed by atoms with Gasteiger partial charge in [-0.25, -0.2) is 4.79 Å². The minimum atomic E-state index is -4.35. The van der Waals surface area contributed by atoms with E-state index >= 15 is 0 Å². The van der Waals surface area contributed by atoms with Gasteiger partial charge in [0, 0.05) is 38.3 Å². The number of halogens is 3. The molecule has 1 aliphatic heterocycles. The molecule has 1 aromatic heterocycles. The summed E-state index contributed by atoms with van der Waals surface area (Å²) >= 11 is 0. The molecule has 3 atom stereocenters. The van der Waals surface area contributed by atoms with Crippen molar-refractivity contribution < 1.29 is 13.2 Å². The van der Waals surface area contributed by atoms with Crippen LogP contribution in [0.5, 0.6) is 0 Å². The summed E-state index contributed by atoms with van der Waals surface area (Å²) in [6.07, 6.45) is -4.35. The Labute approximate surface area is 173 Å². The van der Waals surface area contributed by atoms with Crippen molar-refractivity contribution in [1.29, 1.82) is 0 Å². The van der Waals surface area contributed by atoms with Crippen LogP contribution < -0.4 is 22.1 Å². The van der Waals surface area contributed by atoms with E-state index in [1.165, 1.54) is 23.7 Å². The highest BCUT2D eigenvalue weighted by Crippen LogP contribution is 2.34. The second kappa shape index (κ2) is 7.82. The van der Waals surface area contributed by atoms with Gasteiger partial charge in [-0.05, 0) is 38.5 Å². The first-order chi connectivity index (χ1) is 13.9. The lowest BCUT2D eigenvalue weighted by Crippen LogP contribution is -2.57. The molecule has 0 aliphatic carbocycles. The van der Waals surface area contributed by atoms with Gasteiger partial charge in [-0.1, -0.05) is 12.1 Å². The largest absolute Gasteiger partial charge is 0.416 e. The summed E-state index contributed by atoms with van der Waals surface area (Å²) in [5.74, 6) is 0.544. The summed E-state index contributed by atoms with van der Waals surface area (Å²) in [6.45, 7) is 7.17. The van der Waals surface area contributed by atoms with Crippen LogP contribution in [0.2, 0.25) is 0 Å². The molecule has 1 unspecified atom stereocenters.